The molecule has 0 nitrogen and oxygen atoms in total. The molecule has 6 saturated carbocycles. The lowest BCUT2D eigenvalue weighted by Crippen LogP contribution is -2.51. The molecule has 0 N–H and O–H groups in total. The van der Waals surface area contributed by atoms with E-state index in [1.807, 2.05) is 0 Å². The van der Waals surface area contributed by atoms with Crippen LogP contribution in [0.1, 0.15) is 122 Å². The largest absolute Gasteiger partial charge is 0.0689 e. The van der Waals surface area contributed by atoms with Crippen molar-refractivity contribution < 1.29 is 0 Å². The Hall–Kier alpha value is 0.217. The van der Waals surface area contributed by atoms with Gasteiger partial charge in [0.2, 0.25) is 0 Å². The quantitative estimate of drug-likeness (QED) is 0.345. The van der Waals surface area contributed by atoms with Gasteiger partial charge in [-0.1, -0.05) is 103 Å². The van der Waals surface area contributed by atoms with E-state index in [-0.39, 0.29) is 0 Å². The van der Waals surface area contributed by atoms with Crippen LogP contribution >= 0.6 is 0 Å². The maximum absolute atomic E-state index is 2.97. The first-order valence-corrected chi connectivity index (χ1v) is 19.8. The van der Waals surface area contributed by atoms with Gasteiger partial charge in [0.15, 0.2) is 0 Å². The van der Waals surface area contributed by atoms with Crippen molar-refractivity contribution in [1.29, 1.82) is 0 Å². The first-order chi connectivity index (χ1) is 16.6. The topological polar surface area (TPSA) is 0 Å². The van der Waals surface area contributed by atoms with Gasteiger partial charge in [-0.3, -0.25) is 0 Å². The Morgan fingerprint density at radius 1 is 0.353 bits per heavy atom. The second-order valence-electron chi connectivity index (χ2n) is 15.7. The fourth-order valence-electron chi connectivity index (χ4n) is 13.7. The molecule has 1 saturated heterocycles. The van der Waals surface area contributed by atoms with Gasteiger partial charge in [0.05, 0.1) is 8.07 Å². The minimum atomic E-state index is -1.23. The van der Waals surface area contributed by atoms with Crippen LogP contribution in [0, 0.1) is 59.2 Å². The van der Waals surface area contributed by atoms with Gasteiger partial charge in [-0.2, -0.15) is 0 Å². The number of hydrogen-bond donors (Lipinski definition) is 0. The fourth-order valence-corrected chi connectivity index (χ4v) is 20.1. The third-order valence-electron chi connectivity index (χ3n) is 14.3. The molecule has 34 heavy (non-hydrogen) atoms. The highest BCUT2D eigenvalue weighted by molar-refractivity contribution is 6.80. The summed E-state index contributed by atoms with van der Waals surface area (Å²) < 4.78 is 0. The van der Waals surface area contributed by atoms with Crippen LogP contribution in [0.5, 0.6) is 0 Å². The Morgan fingerprint density at radius 3 is 1.21 bits per heavy atom. The molecule has 0 amide bonds. The van der Waals surface area contributed by atoms with Crippen LogP contribution < -0.4 is 0 Å². The van der Waals surface area contributed by atoms with E-state index in [4.69, 9.17) is 0 Å². The Morgan fingerprint density at radius 2 is 0.765 bits per heavy atom. The van der Waals surface area contributed by atoms with Crippen LogP contribution in [-0.4, -0.2) is 8.07 Å². The molecule has 0 aromatic carbocycles. The molecule has 8 unspecified atom stereocenters. The second-order valence-corrected chi connectivity index (χ2v) is 20.7. The van der Waals surface area contributed by atoms with Crippen LogP contribution in [0.2, 0.25) is 24.2 Å². The molecule has 0 spiro atoms. The summed E-state index contributed by atoms with van der Waals surface area (Å²) >= 11 is 0. The maximum Gasteiger partial charge on any atom is 0.0547 e. The third-order valence-corrected chi connectivity index (χ3v) is 19.5. The average Bonchev–Trinajstić information content (AvgIpc) is 3.44. The zero-order valence-electron chi connectivity index (χ0n) is 22.9. The summed E-state index contributed by atoms with van der Waals surface area (Å²) in [7, 11) is -1.23. The van der Waals surface area contributed by atoms with Gasteiger partial charge in [-0.05, 0) is 102 Å². The summed E-state index contributed by atoms with van der Waals surface area (Å²) in [5.41, 5.74) is 2.44. The van der Waals surface area contributed by atoms with Crippen molar-refractivity contribution in [3.63, 3.8) is 0 Å². The molecular weight excluding hydrogens is 424 g/mol. The van der Waals surface area contributed by atoms with Crippen molar-refractivity contribution >= 4 is 8.07 Å². The van der Waals surface area contributed by atoms with Gasteiger partial charge in [-0.15, -0.1) is 0 Å². The molecule has 192 valence electrons. The van der Waals surface area contributed by atoms with E-state index in [1.165, 1.54) is 35.8 Å². The minimum absolute atomic E-state index is 1.13. The van der Waals surface area contributed by atoms with Crippen LogP contribution in [0.15, 0.2) is 0 Å². The Bertz CT molecular complexity index is 656. The number of rotatable bonds is 2. The highest BCUT2D eigenvalue weighted by Crippen LogP contribution is 2.72. The molecule has 1 aliphatic heterocycles. The molecule has 0 radical (unpaired) electrons. The van der Waals surface area contributed by atoms with E-state index in [1.54, 1.807) is 109 Å². The second kappa shape index (κ2) is 9.20. The van der Waals surface area contributed by atoms with Crippen molar-refractivity contribution in [3.8, 4) is 0 Å². The zero-order valence-corrected chi connectivity index (χ0v) is 23.9. The van der Waals surface area contributed by atoms with Crippen molar-refractivity contribution in [3.05, 3.63) is 0 Å². The normalized spacial score (nSPS) is 51.4. The van der Waals surface area contributed by atoms with E-state index >= 15 is 0 Å². The summed E-state index contributed by atoms with van der Waals surface area (Å²) in [6, 6.07) is 0. The number of fused-ring (bicyclic) bond motifs is 6. The molecule has 6 aliphatic carbocycles. The highest BCUT2D eigenvalue weighted by atomic mass is 28.3. The lowest BCUT2D eigenvalue weighted by molar-refractivity contribution is 0.0945. The molecule has 7 rings (SSSR count). The van der Waals surface area contributed by atoms with Crippen LogP contribution in [0.25, 0.3) is 0 Å². The predicted molar refractivity (Wildman–Crippen MR) is 148 cm³/mol. The van der Waals surface area contributed by atoms with Crippen LogP contribution in [0.3, 0.4) is 0 Å². The van der Waals surface area contributed by atoms with E-state index < -0.39 is 8.07 Å². The molecule has 0 bridgehead atoms. The van der Waals surface area contributed by atoms with Crippen molar-refractivity contribution in [2.45, 2.75) is 146 Å². The lowest BCUT2D eigenvalue weighted by atomic mass is 9.65. The van der Waals surface area contributed by atoms with Gasteiger partial charge < -0.3 is 0 Å². The average molecular weight is 481 g/mol. The highest BCUT2D eigenvalue weighted by Gasteiger charge is 2.64. The monoisotopic (exact) mass is 480 g/mol. The summed E-state index contributed by atoms with van der Waals surface area (Å²) in [5, 5.41) is 0. The SMILES string of the molecule is C[Si]1(C)C2C3CCCC(C4CCCCC4)C3C[C@H]2C[C@@H]2CC3C(C4CCCCC4)CCCC3C21. The molecule has 7 aliphatic rings. The van der Waals surface area contributed by atoms with Crippen molar-refractivity contribution in [1.82, 2.24) is 0 Å². The summed E-state index contributed by atoms with van der Waals surface area (Å²) in [6.45, 7) is 5.95. The Kier molecular flexibility index (Phi) is 6.32. The first-order valence-electron chi connectivity index (χ1n) is 16.6. The summed E-state index contributed by atoms with van der Waals surface area (Å²) in [6.07, 6.45) is 30.5. The third kappa shape index (κ3) is 3.69. The Labute approximate surface area is 213 Å². The smallest absolute Gasteiger partial charge is 0.0547 e. The minimum Gasteiger partial charge on any atom is -0.0689 e. The Balaban J connectivity index is 1.13. The molecule has 7 fully saturated rings. The van der Waals surface area contributed by atoms with Crippen LogP contribution in [0.4, 0.5) is 0 Å². The van der Waals surface area contributed by atoms with E-state index in [0.29, 0.717) is 0 Å². The van der Waals surface area contributed by atoms with E-state index in [0.717, 1.165) is 47.3 Å². The lowest BCUT2D eigenvalue weighted by Gasteiger charge is -2.53. The molecule has 1 heterocycles. The predicted octanol–water partition coefficient (Wildman–Crippen LogP) is 10.1. The number of hydrogen-bond acceptors (Lipinski definition) is 0. The standard InChI is InChI=1S/C33H56Si/c1-34(2)32-24(20-30-26(15-9-17-28(30)32)22-11-5-3-6-12-22)19-25-21-31-27(23-13-7-4-8-14-23)16-10-18-29(31)33(25)34/h22-33H,3-21H2,1-2H3/t24-,25-,26?,27?,28?,29?,30?,31?,32?,33?/m1/s1. The van der Waals surface area contributed by atoms with Gasteiger partial charge in [-0.25, -0.2) is 0 Å². The molecule has 10 atom stereocenters. The molecule has 0 aromatic rings. The maximum atomic E-state index is 2.97. The first kappa shape index (κ1) is 23.3. The molecular formula is C33H56Si. The zero-order chi connectivity index (χ0) is 22.9. The summed E-state index contributed by atoms with van der Waals surface area (Å²) in [4.78, 5) is 0. The van der Waals surface area contributed by atoms with Gasteiger partial charge in [0.1, 0.15) is 0 Å². The van der Waals surface area contributed by atoms with Gasteiger partial charge >= 0.3 is 0 Å². The van der Waals surface area contributed by atoms with Crippen molar-refractivity contribution in [2.24, 2.45) is 59.2 Å². The molecule has 0 aromatic heterocycles. The fraction of sp³-hybridized carbons (Fsp3) is 1.00. The van der Waals surface area contributed by atoms with Gasteiger partial charge in [0, 0.05) is 0 Å². The van der Waals surface area contributed by atoms with Crippen LogP contribution in [-0.2, 0) is 0 Å². The summed E-state index contributed by atoms with van der Waals surface area (Å²) in [5.74, 6) is 11.5. The molecule has 1 heteroatoms. The van der Waals surface area contributed by atoms with E-state index in [9.17, 15) is 0 Å². The van der Waals surface area contributed by atoms with Crippen molar-refractivity contribution in [2.75, 3.05) is 0 Å². The van der Waals surface area contributed by atoms with E-state index in [2.05, 4.69) is 13.1 Å². The van der Waals surface area contributed by atoms with Gasteiger partial charge in [0.25, 0.3) is 0 Å².